The third-order valence-electron chi connectivity index (χ3n) is 3.32. The fraction of sp³-hybridized carbons (Fsp3) is 0.429. The van der Waals surface area contributed by atoms with Crippen LogP contribution < -0.4 is 15.2 Å². The van der Waals surface area contributed by atoms with E-state index in [2.05, 4.69) is 4.72 Å². The molecule has 0 heterocycles. The molecule has 5 nitrogen and oxygen atoms in total. The van der Waals surface area contributed by atoms with E-state index >= 15 is 0 Å². The molecular formula is C14H19FN2O3S. The van der Waals surface area contributed by atoms with Crippen LogP contribution in [-0.4, -0.2) is 20.8 Å². The largest absolute Gasteiger partial charge is 0.488 e. The molecular weight excluding hydrogens is 295 g/mol. The zero-order valence-electron chi connectivity index (χ0n) is 11.8. The average molecular weight is 314 g/mol. The molecule has 0 aliphatic heterocycles. The number of nitrogens with one attached hydrogen (secondary N) is 1. The van der Waals surface area contributed by atoms with Crippen molar-refractivity contribution < 1.29 is 17.5 Å². The Hall–Kier alpha value is -1.76. The SMILES string of the molecule is CS(=O)(=O)NC=C1CCC(Oc2cc(F)ccc2N)CC1. The number of rotatable bonds is 4. The van der Waals surface area contributed by atoms with E-state index in [-0.39, 0.29) is 11.9 Å². The number of hydrogen-bond donors (Lipinski definition) is 2. The van der Waals surface area contributed by atoms with Crippen LogP contribution >= 0.6 is 0 Å². The number of benzene rings is 1. The highest BCUT2D eigenvalue weighted by molar-refractivity contribution is 7.88. The Labute approximate surface area is 124 Å². The number of allylic oxidation sites excluding steroid dienone is 1. The highest BCUT2D eigenvalue weighted by Gasteiger charge is 2.19. The maximum atomic E-state index is 13.2. The third kappa shape index (κ3) is 4.93. The van der Waals surface area contributed by atoms with Crippen LogP contribution in [0.15, 0.2) is 30.0 Å². The van der Waals surface area contributed by atoms with Gasteiger partial charge in [-0.2, -0.15) is 0 Å². The van der Waals surface area contributed by atoms with Crippen molar-refractivity contribution in [3.05, 3.63) is 35.8 Å². The van der Waals surface area contributed by atoms with Crippen molar-refractivity contribution in [1.29, 1.82) is 0 Å². The molecule has 1 aromatic rings. The molecule has 7 heteroatoms. The van der Waals surface area contributed by atoms with Crippen LogP contribution in [0.3, 0.4) is 0 Å². The normalized spacial score (nSPS) is 19.1. The summed E-state index contributed by atoms with van der Waals surface area (Å²) in [4.78, 5) is 0. The van der Waals surface area contributed by atoms with E-state index in [4.69, 9.17) is 10.5 Å². The maximum Gasteiger partial charge on any atom is 0.229 e. The molecule has 0 spiro atoms. The summed E-state index contributed by atoms with van der Waals surface area (Å²) >= 11 is 0. The maximum absolute atomic E-state index is 13.2. The van der Waals surface area contributed by atoms with Crippen LogP contribution in [0.2, 0.25) is 0 Å². The van der Waals surface area contributed by atoms with E-state index in [1.54, 1.807) is 6.20 Å². The van der Waals surface area contributed by atoms with E-state index in [1.165, 1.54) is 18.2 Å². The van der Waals surface area contributed by atoms with Gasteiger partial charge in [0.1, 0.15) is 11.6 Å². The first kappa shape index (κ1) is 15.6. The summed E-state index contributed by atoms with van der Waals surface area (Å²) in [5.41, 5.74) is 7.20. The van der Waals surface area contributed by atoms with Crippen molar-refractivity contribution in [2.24, 2.45) is 0 Å². The highest BCUT2D eigenvalue weighted by atomic mass is 32.2. The average Bonchev–Trinajstić information content (AvgIpc) is 2.41. The number of halogens is 1. The standard InChI is InChI=1S/C14H19FN2O3S/c1-21(18,19)17-9-10-2-5-12(6-3-10)20-14-8-11(15)4-7-13(14)16/h4,7-9,12,17H,2-3,5-6,16H2,1H3. The van der Waals surface area contributed by atoms with Crippen molar-refractivity contribution in [2.75, 3.05) is 12.0 Å². The first-order chi connectivity index (χ1) is 9.83. The molecule has 3 N–H and O–H groups in total. The van der Waals surface area contributed by atoms with Gasteiger partial charge in [0.05, 0.1) is 18.0 Å². The summed E-state index contributed by atoms with van der Waals surface area (Å²) in [5, 5.41) is 0. The fourth-order valence-corrected chi connectivity index (χ4v) is 2.59. The molecule has 0 bridgehead atoms. The number of hydrogen-bond acceptors (Lipinski definition) is 4. The van der Waals surface area contributed by atoms with Gasteiger partial charge >= 0.3 is 0 Å². The fourth-order valence-electron chi connectivity index (χ4n) is 2.20. The second-order valence-corrected chi connectivity index (χ2v) is 6.97. The van der Waals surface area contributed by atoms with Gasteiger partial charge in [-0.3, -0.25) is 4.72 Å². The second kappa shape index (κ2) is 6.34. The summed E-state index contributed by atoms with van der Waals surface area (Å²) in [6, 6.07) is 4.06. The van der Waals surface area contributed by atoms with Crippen molar-refractivity contribution in [3.63, 3.8) is 0 Å². The lowest BCUT2D eigenvalue weighted by molar-refractivity contribution is 0.169. The minimum atomic E-state index is -3.21. The molecule has 116 valence electrons. The van der Waals surface area contributed by atoms with Gasteiger partial charge in [-0.1, -0.05) is 5.57 Å². The van der Waals surface area contributed by atoms with Gasteiger partial charge in [0.2, 0.25) is 10.0 Å². The van der Waals surface area contributed by atoms with E-state index in [9.17, 15) is 12.8 Å². The summed E-state index contributed by atoms with van der Waals surface area (Å²) in [7, 11) is -3.21. The van der Waals surface area contributed by atoms with Gasteiger partial charge in [-0.05, 0) is 37.8 Å². The Morgan fingerprint density at radius 1 is 1.38 bits per heavy atom. The molecule has 1 aliphatic carbocycles. The van der Waals surface area contributed by atoms with Gasteiger partial charge in [0.15, 0.2) is 0 Å². The van der Waals surface area contributed by atoms with Gasteiger partial charge in [-0.25, -0.2) is 12.8 Å². The van der Waals surface area contributed by atoms with Crippen LogP contribution in [0.1, 0.15) is 25.7 Å². The quantitative estimate of drug-likeness (QED) is 0.835. The van der Waals surface area contributed by atoms with Crippen molar-refractivity contribution in [2.45, 2.75) is 31.8 Å². The highest BCUT2D eigenvalue weighted by Crippen LogP contribution is 2.30. The van der Waals surface area contributed by atoms with Gasteiger partial charge < -0.3 is 10.5 Å². The molecule has 0 atom stereocenters. The monoisotopic (exact) mass is 314 g/mol. The van der Waals surface area contributed by atoms with Crippen LogP contribution in [0.5, 0.6) is 5.75 Å². The zero-order valence-corrected chi connectivity index (χ0v) is 12.6. The number of nitrogens with two attached hydrogens (primary N) is 1. The summed E-state index contributed by atoms with van der Waals surface area (Å²) in [5.74, 6) is -0.0189. The Bertz CT molecular complexity index is 634. The lowest BCUT2D eigenvalue weighted by Crippen LogP contribution is -2.23. The molecule has 0 saturated heterocycles. The molecule has 21 heavy (non-hydrogen) atoms. The predicted molar refractivity (Wildman–Crippen MR) is 79.8 cm³/mol. The zero-order chi connectivity index (χ0) is 15.5. The molecule has 2 rings (SSSR count). The Morgan fingerprint density at radius 3 is 2.67 bits per heavy atom. The molecule has 0 radical (unpaired) electrons. The van der Waals surface area contributed by atoms with E-state index < -0.39 is 10.0 Å². The number of sulfonamides is 1. The van der Waals surface area contributed by atoms with Crippen LogP contribution in [0.25, 0.3) is 0 Å². The molecule has 1 aromatic carbocycles. The summed E-state index contributed by atoms with van der Waals surface area (Å²) in [6.07, 6.45) is 5.59. The lowest BCUT2D eigenvalue weighted by atomic mass is 9.93. The number of anilines is 1. The Kier molecular flexibility index (Phi) is 4.72. The van der Waals surface area contributed by atoms with E-state index in [0.717, 1.165) is 37.5 Å². The van der Waals surface area contributed by atoms with Gasteiger partial charge in [-0.15, -0.1) is 0 Å². The summed E-state index contributed by atoms with van der Waals surface area (Å²) < 4.78 is 43.3. The van der Waals surface area contributed by atoms with Gasteiger partial charge in [0, 0.05) is 12.3 Å². The Balaban J connectivity index is 1.91. The van der Waals surface area contributed by atoms with Gasteiger partial charge in [0.25, 0.3) is 0 Å². The summed E-state index contributed by atoms with van der Waals surface area (Å²) in [6.45, 7) is 0. The first-order valence-electron chi connectivity index (χ1n) is 6.70. The van der Waals surface area contributed by atoms with Crippen LogP contribution in [0.4, 0.5) is 10.1 Å². The third-order valence-corrected chi connectivity index (χ3v) is 3.87. The van der Waals surface area contributed by atoms with Crippen molar-refractivity contribution in [3.8, 4) is 5.75 Å². The van der Waals surface area contributed by atoms with Crippen molar-refractivity contribution >= 4 is 15.7 Å². The van der Waals surface area contributed by atoms with Crippen LogP contribution in [-0.2, 0) is 10.0 Å². The molecule has 0 aromatic heterocycles. The molecule has 0 unspecified atom stereocenters. The number of nitrogen functional groups attached to an aromatic ring is 1. The smallest absolute Gasteiger partial charge is 0.229 e. The first-order valence-corrected chi connectivity index (χ1v) is 8.59. The second-order valence-electron chi connectivity index (χ2n) is 5.19. The predicted octanol–water partition coefficient (Wildman–Crippen LogP) is 2.16. The topological polar surface area (TPSA) is 81.4 Å². The van der Waals surface area contributed by atoms with E-state index in [1.807, 2.05) is 0 Å². The molecule has 0 amide bonds. The molecule has 1 fully saturated rings. The lowest BCUT2D eigenvalue weighted by Gasteiger charge is -2.25. The molecule has 1 saturated carbocycles. The van der Waals surface area contributed by atoms with Crippen molar-refractivity contribution in [1.82, 2.24) is 4.72 Å². The minimum Gasteiger partial charge on any atom is -0.488 e. The Morgan fingerprint density at radius 2 is 2.05 bits per heavy atom. The number of ether oxygens (including phenoxy) is 1. The van der Waals surface area contributed by atoms with E-state index in [0.29, 0.717) is 11.4 Å². The van der Waals surface area contributed by atoms with Crippen LogP contribution in [0, 0.1) is 5.82 Å². The molecule has 1 aliphatic rings. The minimum absolute atomic E-state index is 0.0375.